The monoisotopic (exact) mass is 310 g/mol. The molecule has 0 saturated carbocycles. The van der Waals surface area contributed by atoms with E-state index in [1.165, 1.54) is 0 Å². The third-order valence-electron chi connectivity index (χ3n) is 3.15. The number of hydrogen-bond donors (Lipinski definition) is 0. The molecule has 0 fully saturated rings. The summed E-state index contributed by atoms with van der Waals surface area (Å²) in [7, 11) is 0. The summed E-state index contributed by atoms with van der Waals surface area (Å²) in [5, 5.41) is 0. The van der Waals surface area contributed by atoms with Crippen molar-refractivity contribution in [3.63, 3.8) is 0 Å². The minimum absolute atomic E-state index is 0.440. The Kier molecular flexibility index (Phi) is 4.57. The lowest BCUT2D eigenvalue weighted by molar-refractivity contribution is 0.288. The van der Waals surface area contributed by atoms with Gasteiger partial charge >= 0.3 is 0 Å². The average Bonchev–Trinajstić information content (AvgIpc) is 2.57. The highest BCUT2D eigenvalue weighted by atomic mass is 16.5. The Morgan fingerprint density at radius 1 is 0.870 bits per heavy atom. The van der Waals surface area contributed by atoms with Gasteiger partial charge in [-0.15, -0.1) is 0 Å². The lowest BCUT2D eigenvalue weighted by Crippen LogP contribution is -1.99. The molecule has 118 valence electrons. The molecular formula is C18H18N2O3. The molecule has 5 nitrogen and oxygen atoms in total. The van der Waals surface area contributed by atoms with Crippen molar-refractivity contribution in [2.75, 3.05) is 13.2 Å². The summed E-state index contributed by atoms with van der Waals surface area (Å²) in [5.41, 5.74) is 1.43. The van der Waals surface area contributed by atoms with E-state index in [4.69, 9.17) is 14.2 Å². The van der Waals surface area contributed by atoms with E-state index in [0.717, 1.165) is 11.3 Å². The summed E-state index contributed by atoms with van der Waals surface area (Å²) in [4.78, 5) is 8.89. The summed E-state index contributed by atoms with van der Waals surface area (Å²) in [6, 6.07) is 13.2. The van der Waals surface area contributed by atoms with Gasteiger partial charge in [-0.05, 0) is 26.0 Å². The lowest BCUT2D eigenvalue weighted by Gasteiger charge is -2.12. The van der Waals surface area contributed by atoms with Gasteiger partial charge in [-0.1, -0.05) is 18.2 Å². The maximum Gasteiger partial charge on any atom is 0.238 e. The van der Waals surface area contributed by atoms with Crippen LogP contribution in [0.15, 0.2) is 48.7 Å². The lowest BCUT2D eigenvalue weighted by atomic mass is 10.2. The number of para-hydroxylation sites is 1. The van der Waals surface area contributed by atoms with Crippen molar-refractivity contribution >= 4 is 11.0 Å². The fourth-order valence-electron chi connectivity index (χ4n) is 2.20. The van der Waals surface area contributed by atoms with Crippen LogP contribution in [0.5, 0.6) is 23.1 Å². The van der Waals surface area contributed by atoms with Crippen LogP contribution in [0.25, 0.3) is 11.0 Å². The standard InChI is InChI=1S/C18H18N2O3/c1-3-21-16-10-14-15(11-17(16)22-4-2)20-18(12-19-14)23-13-8-6-5-7-9-13/h5-12H,3-4H2,1-2H3. The summed E-state index contributed by atoms with van der Waals surface area (Å²) in [5.74, 6) is 2.49. The van der Waals surface area contributed by atoms with E-state index in [2.05, 4.69) is 9.97 Å². The Hall–Kier alpha value is -2.82. The molecule has 0 amide bonds. The molecule has 23 heavy (non-hydrogen) atoms. The molecule has 3 aromatic rings. The molecule has 1 aromatic heterocycles. The highest BCUT2D eigenvalue weighted by Gasteiger charge is 2.10. The van der Waals surface area contributed by atoms with E-state index >= 15 is 0 Å². The first-order valence-corrected chi connectivity index (χ1v) is 7.59. The Labute approximate surface area is 134 Å². The van der Waals surface area contributed by atoms with Gasteiger partial charge in [-0.25, -0.2) is 9.97 Å². The highest BCUT2D eigenvalue weighted by Crippen LogP contribution is 2.32. The van der Waals surface area contributed by atoms with Crippen molar-refractivity contribution in [3.8, 4) is 23.1 Å². The summed E-state index contributed by atoms with van der Waals surface area (Å²) in [6.45, 7) is 4.98. The number of benzene rings is 2. The smallest absolute Gasteiger partial charge is 0.238 e. The predicted molar refractivity (Wildman–Crippen MR) is 88.4 cm³/mol. The Morgan fingerprint density at radius 2 is 1.52 bits per heavy atom. The zero-order valence-electron chi connectivity index (χ0n) is 13.2. The van der Waals surface area contributed by atoms with E-state index in [-0.39, 0.29) is 0 Å². The van der Waals surface area contributed by atoms with Crippen LogP contribution in [0, 0.1) is 0 Å². The first kappa shape index (κ1) is 15.1. The first-order chi connectivity index (χ1) is 11.3. The van der Waals surface area contributed by atoms with Gasteiger partial charge in [0.25, 0.3) is 0 Å². The van der Waals surface area contributed by atoms with Gasteiger partial charge < -0.3 is 14.2 Å². The molecule has 0 saturated heterocycles. The molecule has 0 bridgehead atoms. The molecule has 0 N–H and O–H groups in total. The summed E-state index contributed by atoms with van der Waals surface area (Å²) in [6.07, 6.45) is 1.60. The van der Waals surface area contributed by atoms with Crippen LogP contribution in [0.4, 0.5) is 0 Å². The van der Waals surface area contributed by atoms with Crippen LogP contribution in [-0.2, 0) is 0 Å². The molecular weight excluding hydrogens is 292 g/mol. The molecule has 3 rings (SSSR count). The highest BCUT2D eigenvalue weighted by molar-refractivity contribution is 5.79. The molecule has 0 unspecified atom stereocenters. The van der Waals surface area contributed by atoms with Crippen molar-refractivity contribution in [1.29, 1.82) is 0 Å². The molecule has 0 aliphatic rings. The van der Waals surface area contributed by atoms with Crippen LogP contribution in [-0.4, -0.2) is 23.2 Å². The number of rotatable bonds is 6. The van der Waals surface area contributed by atoms with Crippen LogP contribution >= 0.6 is 0 Å². The van der Waals surface area contributed by atoms with E-state index < -0.39 is 0 Å². The average molecular weight is 310 g/mol. The van der Waals surface area contributed by atoms with Gasteiger partial charge in [0, 0.05) is 12.1 Å². The molecule has 1 heterocycles. The summed E-state index contributed by atoms with van der Waals surface area (Å²) < 4.78 is 16.9. The zero-order valence-corrected chi connectivity index (χ0v) is 13.2. The van der Waals surface area contributed by atoms with Gasteiger partial charge in [0.2, 0.25) is 5.88 Å². The van der Waals surface area contributed by atoms with E-state index in [9.17, 15) is 0 Å². The van der Waals surface area contributed by atoms with Crippen molar-refractivity contribution in [3.05, 3.63) is 48.7 Å². The van der Waals surface area contributed by atoms with Crippen LogP contribution in [0.3, 0.4) is 0 Å². The quantitative estimate of drug-likeness (QED) is 0.682. The van der Waals surface area contributed by atoms with Gasteiger partial charge in [0.15, 0.2) is 11.5 Å². The van der Waals surface area contributed by atoms with Crippen molar-refractivity contribution in [2.45, 2.75) is 13.8 Å². The second kappa shape index (κ2) is 6.96. The second-order valence-electron chi connectivity index (χ2n) is 4.78. The molecule has 5 heteroatoms. The normalized spacial score (nSPS) is 10.5. The molecule has 0 spiro atoms. The molecule has 2 aromatic carbocycles. The fraction of sp³-hybridized carbons (Fsp3) is 0.222. The minimum Gasteiger partial charge on any atom is -0.490 e. The number of aromatic nitrogens is 2. The number of fused-ring (bicyclic) bond motifs is 1. The fourth-order valence-corrected chi connectivity index (χ4v) is 2.20. The molecule has 0 aliphatic heterocycles. The largest absolute Gasteiger partial charge is 0.490 e. The molecule has 0 radical (unpaired) electrons. The number of nitrogens with zero attached hydrogens (tertiary/aromatic N) is 2. The topological polar surface area (TPSA) is 53.5 Å². The van der Waals surface area contributed by atoms with Crippen LogP contribution in [0.2, 0.25) is 0 Å². The van der Waals surface area contributed by atoms with E-state index in [0.29, 0.717) is 36.1 Å². The number of ether oxygens (including phenoxy) is 3. The minimum atomic E-state index is 0.440. The van der Waals surface area contributed by atoms with E-state index in [1.807, 2.05) is 56.3 Å². The SMILES string of the molecule is CCOc1cc2ncc(Oc3ccccc3)nc2cc1OCC. The predicted octanol–water partition coefficient (Wildman–Crippen LogP) is 4.22. The van der Waals surface area contributed by atoms with Gasteiger partial charge in [0.1, 0.15) is 5.75 Å². The molecule has 0 aliphatic carbocycles. The Morgan fingerprint density at radius 3 is 2.17 bits per heavy atom. The zero-order chi connectivity index (χ0) is 16.1. The maximum atomic E-state index is 5.72. The maximum absolute atomic E-state index is 5.72. The third-order valence-corrected chi connectivity index (χ3v) is 3.15. The Bertz CT molecular complexity index is 791. The van der Waals surface area contributed by atoms with Gasteiger partial charge in [0.05, 0.1) is 30.4 Å². The van der Waals surface area contributed by atoms with Crippen molar-refractivity contribution < 1.29 is 14.2 Å². The van der Waals surface area contributed by atoms with Gasteiger partial charge in [-0.2, -0.15) is 0 Å². The number of hydrogen-bond acceptors (Lipinski definition) is 5. The first-order valence-electron chi connectivity index (χ1n) is 7.59. The van der Waals surface area contributed by atoms with Gasteiger partial charge in [-0.3, -0.25) is 0 Å². The van der Waals surface area contributed by atoms with Crippen molar-refractivity contribution in [1.82, 2.24) is 9.97 Å². The second-order valence-corrected chi connectivity index (χ2v) is 4.78. The van der Waals surface area contributed by atoms with E-state index in [1.54, 1.807) is 6.20 Å². The molecule has 0 atom stereocenters. The Balaban J connectivity index is 1.96. The summed E-state index contributed by atoms with van der Waals surface area (Å²) >= 11 is 0. The van der Waals surface area contributed by atoms with Crippen molar-refractivity contribution in [2.24, 2.45) is 0 Å². The van der Waals surface area contributed by atoms with Crippen LogP contribution < -0.4 is 14.2 Å². The van der Waals surface area contributed by atoms with Crippen LogP contribution in [0.1, 0.15) is 13.8 Å². The third kappa shape index (κ3) is 3.51.